The number of hydrogen-bond donors (Lipinski definition) is 0. The first-order chi connectivity index (χ1) is 8.69. The van der Waals surface area contributed by atoms with Crippen molar-refractivity contribution in [3.05, 3.63) is 34.6 Å². The minimum Gasteiger partial charge on any atom is -0.296 e. The van der Waals surface area contributed by atoms with Crippen molar-refractivity contribution in [3.63, 3.8) is 0 Å². The Hall–Kier alpha value is -1.15. The summed E-state index contributed by atoms with van der Waals surface area (Å²) < 4.78 is 12.9. The lowest BCUT2D eigenvalue weighted by molar-refractivity contribution is 0.138. The minimum absolute atomic E-state index is 0.303. The van der Waals surface area contributed by atoms with Crippen LogP contribution in [0.4, 0.5) is 4.39 Å². The Morgan fingerprint density at radius 2 is 1.89 bits per heavy atom. The van der Waals surface area contributed by atoms with E-state index in [0.717, 1.165) is 38.3 Å². The molecule has 1 aromatic rings. The maximum Gasteiger partial charge on any atom is 0.124 e. The van der Waals surface area contributed by atoms with Crippen LogP contribution in [0.15, 0.2) is 18.2 Å². The van der Waals surface area contributed by atoms with Crippen LogP contribution >= 0.6 is 11.6 Å². The number of hydrogen-bond acceptors (Lipinski definition) is 3. The van der Waals surface area contributed by atoms with Crippen LogP contribution in [0.3, 0.4) is 0 Å². The van der Waals surface area contributed by atoms with Gasteiger partial charge in [-0.15, -0.1) is 0 Å². The first kappa shape index (κ1) is 13.3. The number of rotatable bonds is 3. The largest absolute Gasteiger partial charge is 0.296 e. The lowest BCUT2D eigenvalue weighted by atomic mass is 10.2. The highest BCUT2D eigenvalue weighted by Gasteiger charge is 2.17. The van der Waals surface area contributed by atoms with Crippen molar-refractivity contribution in [2.24, 2.45) is 0 Å². The molecule has 1 fully saturated rings. The van der Waals surface area contributed by atoms with Crippen LogP contribution in [0.1, 0.15) is 5.56 Å². The molecule has 0 unspecified atom stereocenters. The van der Waals surface area contributed by atoms with Gasteiger partial charge in [-0.25, -0.2) is 4.39 Å². The van der Waals surface area contributed by atoms with Crippen molar-refractivity contribution in [1.82, 2.24) is 9.80 Å². The number of nitrogens with zero attached hydrogens (tertiary/aromatic N) is 3. The molecule has 0 amide bonds. The first-order valence-corrected chi connectivity index (χ1v) is 6.32. The number of nitriles is 1. The molecule has 1 heterocycles. The Morgan fingerprint density at radius 1 is 1.22 bits per heavy atom. The molecule has 0 N–H and O–H groups in total. The van der Waals surface area contributed by atoms with Crippen molar-refractivity contribution >= 4 is 11.6 Å². The van der Waals surface area contributed by atoms with Gasteiger partial charge in [-0.05, 0) is 17.7 Å². The van der Waals surface area contributed by atoms with E-state index in [9.17, 15) is 4.39 Å². The van der Waals surface area contributed by atoms with Crippen LogP contribution in [-0.2, 0) is 6.54 Å². The van der Waals surface area contributed by atoms with E-state index in [2.05, 4.69) is 15.9 Å². The average molecular weight is 268 g/mol. The van der Waals surface area contributed by atoms with Gasteiger partial charge >= 0.3 is 0 Å². The van der Waals surface area contributed by atoms with Gasteiger partial charge in [0.1, 0.15) is 5.82 Å². The molecule has 0 atom stereocenters. The Labute approximate surface area is 111 Å². The summed E-state index contributed by atoms with van der Waals surface area (Å²) >= 11 is 6.01. The second-order valence-corrected chi connectivity index (χ2v) is 4.85. The Bertz CT molecular complexity index is 450. The van der Waals surface area contributed by atoms with E-state index in [-0.39, 0.29) is 5.82 Å². The van der Waals surface area contributed by atoms with Gasteiger partial charge in [-0.1, -0.05) is 17.7 Å². The molecule has 18 heavy (non-hydrogen) atoms. The summed E-state index contributed by atoms with van der Waals surface area (Å²) in [6, 6.07) is 6.69. The summed E-state index contributed by atoms with van der Waals surface area (Å²) in [4.78, 5) is 4.40. The third kappa shape index (κ3) is 3.42. The molecule has 96 valence electrons. The fraction of sp³-hybridized carbons (Fsp3) is 0.462. The maximum absolute atomic E-state index is 12.9. The zero-order valence-corrected chi connectivity index (χ0v) is 10.8. The van der Waals surface area contributed by atoms with Gasteiger partial charge in [-0.3, -0.25) is 9.80 Å². The van der Waals surface area contributed by atoms with Crippen LogP contribution in [-0.4, -0.2) is 42.5 Å². The molecule has 0 aliphatic carbocycles. The Balaban J connectivity index is 1.90. The van der Waals surface area contributed by atoms with Gasteiger partial charge in [-0.2, -0.15) is 5.26 Å². The van der Waals surface area contributed by atoms with E-state index < -0.39 is 0 Å². The normalized spacial score (nSPS) is 17.6. The summed E-state index contributed by atoms with van der Waals surface area (Å²) in [5, 5.41) is 9.10. The second-order valence-electron chi connectivity index (χ2n) is 4.45. The Kier molecular flexibility index (Phi) is 4.54. The standard InChI is InChI=1S/C13H15ClFN3/c14-13-9-12(15)2-1-11(13)10-18-7-5-17(4-3-16)6-8-18/h1-2,9H,4-8,10H2. The number of halogens is 2. The predicted octanol–water partition coefficient (Wildman–Crippen LogP) is 2.12. The summed E-state index contributed by atoms with van der Waals surface area (Å²) in [6.45, 7) is 4.84. The zero-order chi connectivity index (χ0) is 13.0. The molecule has 0 bridgehead atoms. The monoisotopic (exact) mass is 267 g/mol. The van der Waals surface area contributed by atoms with Gasteiger partial charge in [0, 0.05) is 37.7 Å². The van der Waals surface area contributed by atoms with E-state index in [1.54, 1.807) is 6.07 Å². The van der Waals surface area contributed by atoms with Crippen molar-refractivity contribution in [2.45, 2.75) is 6.54 Å². The summed E-state index contributed by atoms with van der Waals surface area (Å²) in [6.07, 6.45) is 0. The lowest BCUT2D eigenvalue weighted by Gasteiger charge is -2.33. The van der Waals surface area contributed by atoms with Crippen LogP contribution < -0.4 is 0 Å². The topological polar surface area (TPSA) is 30.3 Å². The molecule has 0 aromatic heterocycles. The van der Waals surface area contributed by atoms with Crippen molar-refractivity contribution < 1.29 is 4.39 Å². The Morgan fingerprint density at radius 3 is 2.50 bits per heavy atom. The van der Waals surface area contributed by atoms with Crippen molar-refractivity contribution in [3.8, 4) is 6.07 Å². The van der Waals surface area contributed by atoms with E-state index >= 15 is 0 Å². The third-order valence-corrected chi connectivity index (χ3v) is 3.52. The molecule has 0 saturated carbocycles. The van der Waals surface area contributed by atoms with Crippen molar-refractivity contribution in [1.29, 1.82) is 5.26 Å². The molecule has 1 saturated heterocycles. The summed E-state index contributed by atoms with van der Waals surface area (Å²) in [5.41, 5.74) is 0.951. The molecular formula is C13H15ClFN3. The number of piperazine rings is 1. The SMILES string of the molecule is N#CCN1CCN(Cc2ccc(F)cc2Cl)CC1. The van der Waals surface area contributed by atoms with Crippen LogP contribution in [0.2, 0.25) is 5.02 Å². The lowest BCUT2D eigenvalue weighted by Crippen LogP contribution is -2.45. The predicted molar refractivity (Wildman–Crippen MR) is 68.7 cm³/mol. The van der Waals surface area contributed by atoms with E-state index in [0.29, 0.717) is 11.6 Å². The van der Waals surface area contributed by atoms with Crippen LogP contribution in [0.25, 0.3) is 0 Å². The first-order valence-electron chi connectivity index (χ1n) is 5.94. The van der Waals surface area contributed by atoms with Gasteiger partial charge < -0.3 is 0 Å². The molecule has 5 heteroatoms. The molecule has 0 radical (unpaired) electrons. The van der Waals surface area contributed by atoms with E-state index in [1.165, 1.54) is 12.1 Å². The van der Waals surface area contributed by atoms with Gasteiger partial charge in [0.25, 0.3) is 0 Å². The highest BCUT2D eigenvalue weighted by molar-refractivity contribution is 6.31. The molecular weight excluding hydrogens is 253 g/mol. The molecule has 2 rings (SSSR count). The average Bonchev–Trinajstić information content (AvgIpc) is 2.35. The maximum atomic E-state index is 12.9. The smallest absolute Gasteiger partial charge is 0.124 e. The van der Waals surface area contributed by atoms with Crippen molar-refractivity contribution in [2.75, 3.05) is 32.7 Å². The highest BCUT2D eigenvalue weighted by atomic mass is 35.5. The van der Waals surface area contributed by atoms with Gasteiger partial charge in [0.05, 0.1) is 12.6 Å². The fourth-order valence-electron chi connectivity index (χ4n) is 2.10. The third-order valence-electron chi connectivity index (χ3n) is 3.17. The zero-order valence-electron chi connectivity index (χ0n) is 10.1. The summed E-state index contributed by atoms with van der Waals surface area (Å²) in [7, 11) is 0. The molecule has 1 aliphatic rings. The molecule has 1 aliphatic heterocycles. The minimum atomic E-state index is -0.303. The highest BCUT2D eigenvalue weighted by Crippen LogP contribution is 2.19. The van der Waals surface area contributed by atoms with Gasteiger partial charge in [0.15, 0.2) is 0 Å². The molecule has 1 aromatic carbocycles. The summed E-state index contributed by atoms with van der Waals surface area (Å²) in [5.74, 6) is -0.303. The van der Waals surface area contributed by atoms with Crippen LogP contribution in [0.5, 0.6) is 0 Å². The van der Waals surface area contributed by atoms with Gasteiger partial charge in [0.2, 0.25) is 0 Å². The van der Waals surface area contributed by atoms with E-state index in [1.807, 2.05) is 0 Å². The number of benzene rings is 1. The van der Waals surface area contributed by atoms with E-state index in [4.69, 9.17) is 16.9 Å². The second kappa shape index (κ2) is 6.14. The van der Waals surface area contributed by atoms with Crippen LogP contribution in [0, 0.1) is 17.1 Å². The quantitative estimate of drug-likeness (QED) is 0.786. The molecule has 0 spiro atoms. The molecule has 3 nitrogen and oxygen atoms in total. The fourth-order valence-corrected chi connectivity index (χ4v) is 2.32.